The molecule has 3 nitrogen and oxygen atoms in total. The third-order valence-corrected chi connectivity index (χ3v) is 3.02. The Labute approximate surface area is 107 Å². The minimum atomic E-state index is -0.0658. The van der Waals surface area contributed by atoms with E-state index in [4.69, 9.17) is 5.26 Å². The molecular formula is C11H11BrN2OS. The molecule has 0 saturated heterocycles. The summed E-state index contributed by atoms with van der Waals surface area (Å²) in [6, 6.07) is 7.22. The Morgan fingerprint density at radius 2 is 2.38 bits per heavy atom. The molecule has 0 aromatic heterocycles. The van der Waals surface area contributed by atoms with Crippen molar-refractivity contribution in [1.29, 1.82) is 5.26 Å². The average Bonchev–Trinajstić information content (AvgIpc) is 2.27. The first-order chi connectivity index (χ1) is 7.67. The molecule has 1 rings (SSSR count). The van der Waals surface area contributed by atoms with E-state index >= 15 is 0 Å². The van der Waals surface area contributed by atoms with Crippen LogP contribution in [0.4, 0.5) is 5.69 Å². The Bertz CT molecular complexity index is 428. The molecule has 5 heteroatoms. The zero-order valence-corrected chi connectivity index (χ0v) is 11.2. The smallest absolute Gasteiger partial charge is 0.225 e. The van der Waals surface area contributed by atoms with Crippen LogP contribution in [-0.4, -0.2) is 17.9 Å². The van der Waals surface area contributed by atoms with Crippen molar-refractivity contribution in [2.24, 2.45) is 0 Å². The highest BCUT2D eigenvalue weighted by Gasteiger charge is 2.06. The summed E-state index contributed by atoms with van der Waals surface area (Å²) < 4.78 is 0.840. The van der Waals surface area contributed by atoms with Crippen molar-refractivity contribution in [2.45, 2.75) is 6.42 Å². The molecule has 1 N–H and O–H groups in total. The molecule has 0 saturated carbocycles. The quantitative estimate of drug-likeness (QED) is 0.930. The fraction of sp³-hybridized carbons (Fsp3) is 0.273. The fourth-order valence-electron chi connectivity index (χ4n) is 1.12. The summed E-state index contributed by atoms with van der Waals surface area (Å²) in [6.45, 7) is 0. The topological polar surface area (TPSA) is 52.9 Å². The van der Waals surface area contributed by atoms with Crippen LogP contribution in [0.25, 0.3) is 0 Å². The van der Waals surface area contributed by atoms with Gasteiger partial charge in [0.15, 0.2) is 0 Å². The van der Waals surface area contributed by atoms with Crippen LogP contribution in [0.3, 0.4) is 0 Å². The predicted molar refractivity (Wildman–Crippen MR) is 70.5 cm³/mol. The van der Waals surface area contributed by atoms with E-state index in [1.54, 1.807) is 30.0 Å². The number of nitrogens with zero attached hydrogens (tertiary/aromatic N) is 1. The van der Waals surface area contributed by atoms with Crippen molar-refractivity contribution in [3.05, 3.63) is 28.2 Å². The van der Waals surface area contributed by atoms with Crippen molar-refractivity contribution in [3.63, 3.8) is 0 Å². The maximum atomic E-state index is 11.5. The lowest BCUT2D eigenvalue weighted by Crippen LogP contribution is -2.13. The second-order valence-electron chi connectivity index (χ2n) is 3.09. The summed E-state index contributed by atoms with van der Waals surface area (Å²) in [5.41, 5.74) is 1.03. The van der Waals surface area contributed by atoms with Gasteiger partial charge in [0.2, 0.25) is 5.91 Å². The van der Waals surface area contributed by atoms with E-state index in [1.807, 2.05) is 12.3 Å². The lowest BCUT2D eigenvalue weighted by molar-refractivity contribution is -0.115. The third kappa shape index (κ3) is 3.87. The molecule has 0 radical (unpaired) electrons. The van der Waals surface area contributed by atoms with Crippen LogP contribution in [-0.2, 0) is 4.79 Å². The summed E-state index contributed by atoms with van der Waals surface area (Å²) in [6.07, 6.45) is 2.41. The normalized spacial score (nSPS) is 9.56. The van der Waals surface area contributed by atoms with Crippen LogP contribution in [0.15, 0.2) is 22.7 Å². The summed E-state index contributed by atoms with van der Waals surface area (Å²) in [5.74, 6) is 0.714. The van der Waals surface area contributed by atoms with Gasteiger partial charge in [-0.3, -0.25) is 4.79 Å². The molecule has 0 aliphatic rings. The highest BCUT2D eigenvalue weighted by molar-refractivity contribution is 9.10. The number of hydrogen-bond donors (Lipinski definition) is 1. The molecule has 1 amide bonds. The number of anilines is 1. The van der Waals surface area contributed by atoms with E-state index in [0.29, 0.717) is 17.7 Å². The van der Waals surface area contributed by atoms with Crippen molar-refractivity contribution in [2.75, 3.05) is 17.3 Å². The molecule has 0 spiro atoms. The fourth-order valence-corrected chi connectivity index (χ4v) is 1.88. The van der Waals surface area contributed by atoms with Gasteiger partial charge in [-0.25, -0.2) is 0 Å². The lowest BCUT2D eigenvalue weighted by atomic mass is 10.2. The van der Waals surface area contributed by atoms with Gasteiger partial charge in [0, 0.05) is 16.6 Å². The summed E-state index contributed by atoms with van der Waals surface area (Å²) in [5, 5.41) is 11.6. The first-order valence-electron chi connectivity index (χ1n) is 4.66. The first-order valence-corrected chi connectivity index (χ1v) is 6.84. The Hall–Kier alpha value is -0.990. The van der Waals surface area contributed by atoms with Gasteiger partial charge < -0.3 is 5.32 Å². The molecule has 0 aliphatic carbocycles. The number of nitrogens with one attached hydrogen (secondary N) is 1. The molecular weight excluding hydrogens is 288 g/mol. The van der Waals surface area contributed by atoms with Gasteiger partial charge in [-0.1, -0.05) is 15.9 Å². The van der Waals surface area contributed by atoms with E-state index in [9.17, 15) is 4.79 Å². The number of amides is 1. The number of thioether (sulfide) groups is 1. The van der Waals surface area contributed by atoms with E-state index in [1.165, 1.54) is 0 Å². The predicted octanol–water partition coefficient (Wildman–Crippen LogP) is 3.01. The Morgan fingerprint density at radius 3 is 3.00 bits per heavy atom. The maximum absolute atomic E-state index is 11.5. The molecule has 16 heavy (non-hydrogen) atoms. The zero-order chi connectivity index (χ0) is 12.0. The van der Waals surface area contributed by atoms with E-state index in [-0.39, 0.29) is 5.91 Å². The summed E-state index contributed by atoms with van der Waals surface area (Å²) in [4.78, 5) is 11.5. The van der Waals surface area contributed by atoms with Crippen molar-refractivity contribution < 1.29 is 4.79 Å². The SMILES string of the molecule is CSCCC(=O)Nc1cc(Br)ccc1C#N. The van der Waals surface area contributed by atoms with Crippen molar-refractivity contribution in [1.82, 2.24) is 0 Å². The minimum Gasteiger partial charge on any atom is -0.325 e. The highest BCUT2D eigenvalue weighted by atomic mass is 79.9. The zero-order valence-electron chi connectivity index (χ0n) is 8.79. The van der Waals surface area contributed by atoms with Gasteiger partial charge in [-0.2, -0.15) is 17.0 Å². The number of carbonyl (C=O) groups is 1. The minimum absolute atomic E-state index is 0.0658. The van der Waals surface area contributed by atoms with Crippen molar-refractivity contribution >= 4 is 39.3 Å². The van der Waals surface area contributed by atoms with Gasteiger partial charge in [0.25, 0.3) is 0 Å². The lowest BCUT2D eigenvalue weighted by Gasteiger charge is -2.06. The number of halogens is 1. The van der Waals surface area contributed by atoms with Crippen LogP contribution in [0, 0.1) is 11.3 Å². The van der Waals surface area contributed by atoms with Gasteiger partial charge in [-0.15, -0.1) is 0 Å². The molecule has 0 heterocycles. The van der Waals surface area contributed by atoms with Gasteiger partial charge in [-0.05, 0) is 24.5 Å². The molecule has 84 valence electrons. The van der Waals surface area contributed by atoms with Crippen LogP contribution >= 0.6 is 27.7 Å². The first kappa shape index (κ1) is 13.1. The van der Waals surface area contributed by atoms with Crippen molar-refractivity contribution in [3.8, 4) is 6.07 Å². The van der Waals surface area contributed by atoms with Crippen LogP contribution in [0.5, 0.6) is 0 Å². The van der Waals surface area contributed by atoms with Crippen LogP contribution < -0.4 is 5.32 Å². The number of benzene rings is 1. The number of nitriles is 1. The van der Waals surface area contributed by atoms with Gasteiger partial charge in [0.1, 0.15) is 6.07 Å². The van der Waals surface area contributed by atoms with Crippen LogP contribution in [0.2, 0.25) is 0 Å². The van der Waals surface area contributed by atoms with E-state index in [0.717, 1.165) is 10.2 Å². The van der Waals surface area contributed by atoms with Gasteiger partial charge >= 0.3 is 0 Å². The second-order valence-corrected chi connectivity index (χ2v) is 4.99. The monoisotopic (exact) mass is 298 g/mol. The Kier molecular flexibility index (Phi) is 5.36. The molecule has 0 atom stereocenters. The average molecular weight is 299 g/mol. The van der Waals surface area contributed by atoms with E-state index < -0.39 is 0 Å². The van der Waals surface area contributed by atoms with Gasteiger partial charge in [0.05, 0.1) is 11.3 Å². The third-order valence-electron chi connectivity index (χ3n) is 1.91. The summed E-state index contributed by atoms with van der Waals surface area (Å²) >= 11 is 4.92. The molecule has 0 unspecified atom stereocenters. The van der Waals surface area contributed by atoms with Crippen LogP contribution in [0.1, 0.15) is 12.0 Å². The largest absolute Gasteiger partial charge is 0.325 e. The van der Waals surface area contributed by atoms with E-state index in [2.05, 4.69) is 21.2 Å². The molecule has 1 aromatic rings. The highest BCUT2D eigenvalue weighted by Crippen LogP contribution is 2.21. The molecule has 0 aliphatic heterocycles. The molecule has 0 fully saturated rings. The Balaban J connectivity index is 2.76. The molecule has 1 aromatic carbocycles. The number of hydrogen-bond acceptors (Lipinski definition) is 3. The standard InChI is InChI=1S/C11H11BrN2OS/c1-16-5-4-11(15)14-10-6-9(12)3-2-8(10)7-13/h2-3,6H,4-5H2,1H3,(H,14,15). The summed E-state index contributed by atoms with van der Waals surface area (Å²) in [7, 11) is 0. The number of carbonyl (C=O) groups excluding carboxylic acids is 1. The number of rotatable bonds is 4. The second kappa shape index (κ2) is 6.56. The molecule has 0 bridgehead atoms. The maximum Gasteiger partial charge on any atom is 0.225 e. The Morgan fingerprint density at radius 1 is 1.62 bits per heavy atom.